The molecule has 0 aliphatic heterocycles. The van der Waals surface area contributed by atoms with Gasteiger partial charge in [-0.2, -0.15) is 0 Å². The molecule has 126 valence electrons. The minimum atomic E-state index is -0.878. The molecule has 6 nitrogen and oxygen atoms in total. The molecule has 0 aromatic carbocycles. The van der Waals surface area contributed by atoms with Crippen LogP contribution >= 0.6 is 0 Å². The van der Waals surface area contributed by atoms with Crippen LogP contribution in [-0.4, -0.2) is 35.8 Å². The predicted octanol–water partition coefficient (Wildman–Crippen LogP) is 1.33. The van der Waals surface area contributed by atoms with Gasteiger partial charge in [0.1, 0.15) is 6.04 Å². The van der Waals surface area contributed by atoms with Gasteiger partial charge in [-0.15, -0.1) is 0 Å². The van der Waals surface area contributed by atoms with Gasteiger partial charge in [-0.05, 0) is 38.7 Å². The molecule has 0 fully saturated rings. The van der Waals surface area contributed by atoms with Crippen molar-refractivity contribution in [2.45, 2.75) is 65.1 Å². The number of hydrogen-bond donors (Lipinski definition) is 2. The van der Waals surface area contributed by atoms with Crippen LogP contribution in [-0.2, 0) is 19.1 Å². The number of amides is 1. The molecule has 0 aliphatic carbocycles. The average molecular weight is 312 g/mol. The van der Waals surface area contributed by atoms with Crippen molar-refractivity contribution in [1.82, 2.24) is 5.32 Å². The van der Waals surface area contributed by atoms with Crippen molar-refractivity contribution in [2.75, 3.05) is 0 Å². The number of carbonyl (C=O) groups is 3. The van der Waals surface area contributed by atoms with Crippen LogP contribution in [0.5, 0.6) is 0 Å². The first-order valence-electron chi connectivity index (χ1n) is 7.59. The maximum Gasteiger partial charge on any atom is 0.328 e. The van der Waals surface area contributed by atoms with E-state index in [0.717, 1.165) is 0 Å². The quantitative estimate of drug-likeness (QED) is 0.468. The van der Waals surface area contributed by atoms with Crippen LogP contribution in [0, 0.1) is 5.92 Å². The molecule has 1 amide bonds. The normalized spacial score (nSPS) is 13.6. The minimum Gasteiger partial charge on any atom is -0.461 e. The Kier molecular flexibility index (Phi) is 9.33. The fourth-order valence-electron chi connectivity index (χ4n) is 1.85. The van der Waals surface area contributed by atoms with Gasteiger partial charge in [0.25, 0.3) is 0 Å². The van der Waals surface area contributed by atoms with Crippen molar-refractivity contribution >= 4 is 17.7 Å². The minimum absolute atomic E-state index is 0.112. The summed E-state index contributed by atoms with van der Waals surface area (Å²) in [5, 5.41) is 2.58. The molecule has 0 bridgehead atoms. The maximum atomic E-state index is 12.0. The van der Waals surface area contributed by atoms with E-state index in [0.29, 0.717) is 6.42 Å². The van der Waals surface area contributed by atoms with Gasteiger partial charge in [-0.25, -0.2) is 4.79 Å². The molecule has 3 N–H and O–H groups in total. The molecule has 0 aromatic rings. The van der Waals surface area contributed by atoms with Crippen LogP contribution in [0.3, 0.4) is 0 Å². The zero-order valence-corrected chi connectivity index (χ0v) is 13.9. The molecule has 0 radical (unpaired) electrons. The van der Waals surface area contributed by atoms with Crippen molar-refractivity contribution in [3.05, 3.63) is 12.7 Å². The molecular weight excluding hydrogens is 284 g/mol. The summed E-state index contributed by atoms with van der Waals surface area (Å²) >= 11 is 0. The molecule has 0 aliphatic rings. The van der Waals surface area contributed by atoms with Crippen molar-refractivity contribution in [2.24, 2.45) is 11.7 Å². The summed E-state index contributed by atoms with van der Waals surface area (Å²) in [7, 11) is 0. The van der Waals surface area contributed by atoms with Gasteiger partial charge in [-0.1, -0.05) is 20.4 Å². The number of nitrogens with two attached hydrogens (primary N) is 1. The Labute approximate surface area is 132 Å². The summed E-state index contributed by atoms with van der Waals surface area (Å²) in [6.45, 7) is 10.7. The van der Waals surface area contributed by atoms with Crippen LogP contribution < -0.4 is 11.1 Å². The third-order valence-corrected chi connectivity index (χ3v) is 2.92. The van der Waals surface area contributed by atoms with Gasteiger partial charge in [0.15, 0.2) is 5.78 Å². The third-order valence-electron chi connectivity index (χ3n) is 2.92. The number of allylic oxidation sites excluding steroid dienone is 1. The standard InChI is InChI=1S/C16H28N2O4/c1-6-12(19)7-8-14(16(21)22-11(4)5)18-15(20)13(17)9-10(2)3/h6,10-11,13-14H,1,7-9,17H2,2-5H3,(H,18,20). The number of ether oxygens (including phenoxy) is 1. The lowest BCUT2D eigenvalue weighted by Gasteiger charge is -2.21. The molecule has 2 atom stereocenters. The monoisotopic (exact) mass is 312 g/mol. The third kappa shape index (κ3) is 8.56. The van der Waals surface area contributed by atoms with Gasteiger partial charge >= 0.3 is 5.97 Å². The Morgan fingerprint density at radius 3 is 2.27 bits per heavy atom. The van der Waals surface area contributed by atoms with E-state index in [1.807, 2.05) is 13.8 Å². The molecule has 0 rings (SSSR count). The van der Waals surface area contributed by atoms with E-state index in [2.05, 4.69) is 11.9 Å². The lowest BCUT2D eigenvalue weighted by Crippen LogP contribution is -2.49. The maximum absolute atomic E-state index is 12.0. The second-order valence-corrected chi connectivity index (χ2v) is 5.99. The lowest BCUT2D eigenvalue weighted by atomic mass is 10.0. The van der Waals surface area contributed by atoms with Crippen LogP contribution in [0.2, 0.25) is 0 Å². The highest BCUT2D eigenvalue weighted by Gasteiger charge is 2.26. The van der Waals surface area contributed by atoms with E-state index in [1.54, 1.807) is 13.8 Å². The number of carbonyl (C=O) groups excluding carboxylic acids is 3. The zero-order chi connectivity index (χ0) is 17.3. The van der Waals surface area contributed by atoms with Crippen molar-refractivity contribution in [3.8, 4) is 0 Å². The molecule has 0 saturated heterocycles. The van der Waals surface area contributed by atoms with Crippen LogP contribution in [0.25, 0.3) is 0 Å². The highest BCUT2D eigenvalue weighted by Crippen LogP contribution is 2.07. The lowest BCUT2D eigenvalue weighted by molar-refractivity contribution is -0.151. The first kappa shape index (κ1) is 20.3. The number of rotatable bonds is 10. The summed E-state index contributed by atoms with van der Waals surface area (Å²) in [6, 6.07) is -1.57. The first-order valence-corrected chi connectivity index (χ1v) is 7.59. The smallest absolute Gasteiger partial charge is 0.328 e. The Bertz CT molecular complexity index is 405. The topological polar surface area (TPSA) is 98.5 Å². The number of hydrogen-bond acceptors (Lipinski definition) is 5. The van der Waals surface area contributed by atoms with E-state index >= 15 is 0 Å². The highest BCUT2D eigenvalue weighted by atomic mass is 16.5. The van der Waals surface area contributed by atoms with Crippen molar-refractivity contribution in [3.63, 3.8) is 0 Å². The predicted molar refractivity (Wildman–Crippen MR) is 85.0 cm³/mol. The second kappa shape index (κ2) is 10.1. The SMILES string of the molecule is C=CC(=O)CCC(NC(=O)C(N)CC(C)C)C(=O)OC(C)C. The Morgan fingerprint density at radius 2 is 1.82 bits per heavy atom. The highest BCUT2D eigenvalue weighted by molar-refractivity contribution is 5.91. The van der Waals surface area contributed by atoms with Crippen LogP contribution in [0.4, 0.5) is 0 Å². The second-order valence-electron chi connectivity index (χ2n) is 5.99. The molecule has 0 aromatic heterocycles. The number of ketones is 1. The summed E-state index contributed by atoms with van der Waals surface area (Å²) in [5.41, 5.74) is 5.80. The van der Waals surface area contributed by atoms with Gasteiger partial charge < -0.3 is 15.8 Å². The fourth-order valence-corrected chi connectivity index (χ4v) is 1.85. The van der Waals surface area contributed by atoms with E-state index in [1.165, 1.54) is 6.08 Å². The van der Waals surface area contributed by atoms with E-state index < -0.39 is 24.0 Å². The fraction of sp³-hybridized carbons (Fsp3) is 0.688. The number of esters is 1. The van der Waals surface area contributed by atoms with Gasteiger partial charge in [0.05, 0.1) is 12.1 Å². The van der Waals surface area contributed by atoms with E-state index in [4.69, 9.17) is 10.5 Å². The molecule has 22 heavy (non-hydrogen) atoms. The molecule has 2 unspecified atom stereocenters. The zero-order valence-electron chi connectivity index (χ0n) is 13.9. The molecule has 6 heteroatoms. The van der Waals surface area contributed by atoms with Gasteiger partial charge in [-0.3, -0.25) is 9.59 Å². The summed E-state index contributed by atoms with van der Waals surface area (Å²) < 4.78 is 5.11. The average Bonchev–Trinajstić information content (AvgIpc) is 2.40. The molecule has 0 heterocycles. The summed E-state index contributed by atoms with van der Waals surface area (Å²) in [6.07, 6.45) is 1.68. The van der Waals surface area contributed by atoms with Crippen LogP contribution in [0.15, 0.2) is 12.7 Å². The summed E-state index contributed by atoms with van der Waals surface area (Å²) in [4.78, 5) is 35.4. The molecule has 0 spiro atoms. The first-order chi connectivity index (χ1) is 10.2. The van der Waals surface area contributed by atoms with Crippen LogP contribution in [0.1, 0.15) is 47.0 Å². The van der Waals surface area contributed by atoms with Gasteiger partial charge in [0, 0.05) is 6.42 Å². The Balaban J connectivity index is 4.76. The van der Waals surface area contributed by atoms with Crippen molar-refractivity contribution in [1.29, 1.82) is 0 Å². The van der Waals surface area contributed by atoms with Crippen molar-refractivity contribution < 1.29 is 19.1 Å². The Hall–Kier alpha value is -1.69. The molecular formula is C16H28N2O4. The summed E-state index contributed by atoms with van der Waals surface area (Å²) in [5.74, 6) is -0.894. The molecule has 0 saturated carbocycles. The largest absolute Gasteiger partial charge is 0.461 e. The van der Waals surface area contributed by atoms with Gasteiger partial charge in [0.2, 0.25) is 5.91 Å². The number of nitrogens with one attached hydrogen (secondary N) is 1. The Morgan fingerprint density at radius 1 is 1.23 bits per heavy atom. The van der Waals surface area contributed by atoms with E-state index in [9.17, 15) is 14.4 Å². The van der Waals surface area contributed by atoms with E-state index in [-0.39, 0.29) is 30.6 Å².